The minimum Gasteiger partial charge on any atom is -0.506 e. The molecule has 0 radical (unpaired) electrons. The van der Waals surface area contributed by atoms with Crippen LogP contribution in [0.25, 0.3) is 0 Å². The summed E-state index contributed by atoms with van der Waals surface area (Å²) in [7, 11) is 0. The van der Waals surface area contributed by atoms with Gasteiger partial charge in [-0.25, -0.2) is 0 Å². The van der Waals surface area contributed by atoms with Gasteiger partial charge in [-0.1, -0.05) is 0 Å². The smallest absolute Gasteiger partial charge is 0.140 e. The van der Waals surface area contributed by atoms with E-state index in [0.717, 1.165) is 0 Å². The molecule has 3 nitrogen and oxygen atoms in total. The number of pyridine rings is 1. The molecule has 2 N–H and O–H groups in total. The zero-order valence-electron chi connectivity index (χ0n) is 6.57. The van der Waals surface area contributed by atoms with Gasteiger partial charge in [0.1, 0.15) is 17.0 Å². The molecule has 0 aromatic carbocycles. The van der Waals surface area contributed by atoms with Crippen molar-refractivity contribution in [2.45, 2.75) is 19.4 Å². The number of aromatic hydroxyl groups is 1. The molecular formula is C8H11NO2. The Morgan fingerprint density at radius 3 is 2.45 bits per heavy atom. The molecule has 0 aliphatic heterocycles. The maximum absolute atomic E-state index is 9.45. The van der Waals surface area contributed by atoms with Crippen molar-refractivity contribution in [3.8, 4) is 5.75 Å². The van der Waals surface area contributed by atoms with Gasteiger partial charge < -0.3 is 10.2 Å². The van der Waals surface area contributed by atoms with Gasteiger partial charge >= 0.3 is 0 Å². The summed E-state index contributed by atoms with van der Waals surface area (Å²) in [5, 5.41) is 18.7. The van der Waals surface area contributed by atoms with Crippen molar-refractivity contribution in [2.75, 3.05) is 0 Å². The van der Waals surface area contributed by atoms with Gasteiger partial charge in [0.2, 0.25) is 0 Å². The molecule has 60 valence electrons. The minimum absolute atomic E-state index is 0.0278. The number of aromatic nitrogens is 1. The predicted molar refractivity (Wildman–Crippen MR) is 41.1 cm³/mol. The van der Waals surface area contributed by atoms with Crippen LogP contribution in [-0.2, 0) is 5.60 Å². The Morgan fingerprint density at radius 1 is 1.45 bits per heavy atom. The van der Waals surface area contributed by atoms with Gasteiger partial charge in [0, 0.05) is 6.20 Å². The van der Waals surface area contributed by atoms with Gasteiger partial charge in [-0.15, -0.1) is 0 Å². The molecule has 0 saturated carbocycles. The highest BCUT2D eigenvalue weighted by molar-refractivity contribution is 5.28. The van der Waals surface area contributed by atoms with Gasteiger partial charge in [-0.3, -0.25) is 4.98 Å². The second kappa shape index (κ2) is 2.51. The number of hydrogen-bond donors (Lipinski definition) is 2. The predicted octanol–water partition coefficient (Wildman–Crippen LogP) is 1.01. The van der Waals surface area contributed by atoms with Crippen molar-refractivity contribution >= 4 is 0 Å². The van der Waals surface area contributed by atoms with E-state index in [0.29, 0.717) is 5.69 Å². The number of rotatable bonds is 1. The molecule has 1 aromatic heterocycles. The zero-order chi connectivity index (χ0) is 8.48. The van der Waals surface area contributed by atoms with Crippen LogP contribution >= 0.6 is 0 Å². The van der Waals surface area contributed by atoms with Gasteiger partial charge in [-0.05, 0) is 26.0 Å². The Morgan fingerprint density at radius 2 is 2.09 bits per heavy atom. The highest BCUT2D eigenvalue weighted by Crippen LogP contribution is 2.25. The lowest BCUT2D eigenvalue weighted by molar-refractivity contribution is 0.0709. The summed E-state index contributed by atoms with van der Waals surface area (Å²) in [6.45, 7) is 3.16. The van der Waals surface area contributed by atoms with E-state index in [1.165, 1.54) is 12.3 Å². The summed E-state index contributed by atoms with van der Waals surface area (Å²) in [4.78, 5) is 3.85. The Balaban J connectivity index is 3.14. The number of aliphatic hydroxyl groups is 1. The van der Waals surface area contributed by atoms with E-state index in [2.05, 4.69) is 4.98 Å². The lowest BCUT2D eigenvalue weighted by Crippen LogP contribution is -2.17. The lowest BCUT2D eigenvalue weighted by Gasteiger charge is -2.16. The first-order chi connectivity index (χ1) is 5.02. The Hall–Kier alpha value is -1.09. The van der Waals surface area contributed by atoms with Crippen molar-refractivity contribution in [3.63, 3.8) is 0 Å². The molecule has 0 bridgehead atoms. The summed E-state index contributed by atoms with van der Waals surface area (Å²) in [5.41, 5.74) is -0.772. The van der Waals surface area contributed by atoms with Crippen LogP contribution in [0.1, 0.15) is 19.5 Å². The maximum atomic E-state index is 9.45. The molecule has 0 atom stereocenters. The average Bonchev–Trinajstić information content (AvgIpc) is 1.86. The molecular weight excluding hydrogens is 142 g/mol. The fourth-order valence-corrected chi connectivity index (χ4v) is 0.868. The monoisotopic (exact) mass is 153 g/mol. The standard InChI is InChI=1S/C8H11NO2/c1-8(2,11)7-6(10)4-3-5-9-7/h3-5,10-11H,1-2H3. The summed E-state index contributed by atoms with van der Waals surface area (Å²) >= 11 is 0. The Labute approximate surface area is 65.3 Å². The normalized spacial score (nSPS) is 11.5. The molecule has 0 spiro atoms. The van der Waals surface area contributed by atoms with Crippen LogP contribution in [0.5, 0.6) is 5.75 Å². The Bertz CT molecular complexity index is 253. The second-order valence-electron chi connectivity index (χ2n) is 2.93. The van der Waals surface area contributed by atoms with E-state index in [4.69, 9.17) is 0 Å². The van der Waals surface area contributed by atoms with Crippen molar-refractivity contribution < 1.29 is 10.2 Å². The summed E-state index contributed by atoms with van der Waals surface area (Å²) in [5.74, 6) is 0.0278. The van der Waals surface area contributed by atoms with Crippen molar-refractivity contribution in [1.82, 2.24) is 4.98 Å². The largest absolute Gasteiger partial charge is 0.506 e. The van der Waals surface area contributed by atoms with Crippen LogP contribution in [0.4, 0.5) is 0 Å². The third kappa shape index (κ3) is 1.68. The first kappa shape index (κ1) is 8.01. The number of hydrogen-bond acceptors (Lipinski definition) is 3. The fraction of sp³-hybridized carbons (Fsp3) is 0.375. The minimum atomic E-state index is -1.08. The molecule has 0 saturated heterocycles. The summed E-state index contributed by atoms with van der Waals surface area (Å²) < 4.78 is 0. The van der Waals surface area contributed by atoms with Crippen molar-refractivity contribution in [2.24, 2.45) is 0 Å². The molecule has 1 heterocycles. The van der Waals surface area contributed by atoms with Crippen molar-refractivity contribution in [1.29, 1.82) is 0 Å². The van der Waals surface area contributed by atoms with Crippen LogP contribution < -0.4 is 0 Å². The number of nitrogens with zero attached hydrogens (tertiary/aromatic N) is 1. The lowest BCUT2D eigenvalue weighted by atomic mass is 10.0. The molecule has 1 aromatic rings. The first-order valence-electron chi connectivity index (χ1n) is 3.38. The topological polar surface area (TPSA) is 53.4 Å². The molecule has 0 unspecified atom stereocenters. The van der Waals surface area contributed by atoms with Crippen molar-refractivity contribution in [3.05, 3.63) is 24.0 Å². The molecule has 3 heteroatoms. The molecule has 0 fully saturated rings. The van der Waals surface area contributed by atoms with Crippen LogP contribution in [0.2, 0.25) is 0 Å². The SMILES string of the molecule is CC(C)(O)c1ncccc1O. The van der Waals surface area contributed by atoms with E-state index in [9.17, 15) is 10.2 Å². The van der Waals surface area contributed by atoms with E-state index in [1.54, 1.807) is 19.9 Å². The van der Waals surface area contributed by atoms with Crippen LogP contribution in [0.3, 0.4) is 0 Å². The first-order valence-corrected chi connectivity index (χ1v) is 3.38. The molecule has 0 aliphatic carbocycles. The van der Waals surface area contributed by atoms with E-state index < -0.39 is 5.60 Å². The van der Waals surface area contributed by atoms with E-state index in [1.807, 2.05) is 0 Å². The van der Waals surface area contributed by atoms with E-state index in [-0.39, 0.29) is 5.75 Å². The Kier molecular flexibility index (Phi) is 1.83. The van der Waals surface area contributed by atoms with E-state index >= 15 is 0 Å². The summed E-state index contributed by atoms with van der Waals surface area (Å²) in [6.07, 6.45) is 1.53. The molecule has 0 aliphatic rings. The molecule has 1 rings (SSSR count). The van der Waals surface area contributed by atoms with Gasteiger partial charge in [0.25, 0.3) is 0 Å². The maximum Gasteiger partial charge on any atom is 0.140 e. The quantitative estimate of drug-likeness (QED) is 0.633. The zero-order valence-corrected chi connectivity index (χ0v) is 6.57. The van der Waals surface area contributed by atoms with Gasteiger partial charge in [0.05, 0.1) is 0 Å². The summed E-state index contributed by atoms with van der Waals surface area (Å²) in [6, 6.07) is 3.12. The molecule has 11 heavy (non-hydrogen) atoms. The third-order valence-electron chi connectivity index (χ3n) is 1.37. The fourth-order valence-electron chi connectivity index (χ4n) is 0.868. The van der Waals surface area contributed by atoms with Crippen LogP contribution in [0, 0.1) is 0 Å². The van der Waals surface area contributed by atoms with Gasteiger partial charge in [-0.2, -0.15) is 0 Å². The molecule has 0 amide bonds. The van der Waals surface area contributed by atoms with Crippen LogP contribution in [0.15, 0.2) is 18.3 Å². The third-order valence-corrected chi connectivity index (χ3v) is 1.37. The second-order valence-corrected chi connectivity index (χ2v) is 2.93. The highest BCUT2D eigenvalue weighted by atomic mass is 16.3. The van der Waals surface area contributed by atoms with Gasteiger partial charge in [0.15, 0.2) is 0 Å². The van der Waals surface area contributed by atoms with Crippen LogP contribution in [-0.4, -0.2) is 15.2 Å². The highest BCUT2D eigenvalue weighted by Gasteiger charge is 2.20. The average molecular weight is 153 g/mol.